The zero-order valence-corrected chi connectivity index (χ0v) is 15.4. The standard InChI is InChI=1S/C19H21F2N3OS/c1-24-16-14(17(25)23-18(24)26)12(15(20)21)5-13(22-16)19-6-9-2-10(7-19)4-11(3-9)8-19/h5,9-11,15H,2-4,6-8H2,1H3,(H,23,25,26). The van der Waals surface area contributed by atoms with Crippen LogP contribution in [0.1, 0.15) is 56.2 Å². The summed E-state index contributed by atoms with van der Waals surface area (Å²) in [7, 11) is 1.67. The molecule has 4 aliphatic rings. The number of nitrogens with one attached hydrogen (secondary N) is 1. The summed E-state index contributed by atoms with van der Waals surface area (Å²) in [5.41, 5.74) is 0.122. The number of rotatable bonds is 2. The van der Waals surface area contributed by atoms with E-state index in [0.29, 0.717) is 17.8 Å². The van der Waals surface area contributed by atoms with Crippen LogP contribution in [0, 0.1) is 22.5 Å². The van der Waals surface area contributed by atoms with Gasteiger partial charge in [-0.25, -0.2) is 13.8 Å². The van der Waals surface area contributed by atoms with Gasteiger partial charge in [0.1, 0.15) is 5.65 Å². The molecular formula is C19H21F2N3OS. The summed E-state index contributed by atoms with van der Waals surface area (Å²) in [4.78, 5) is 19.6. The van der Waals surface area contributed by atoms with E-state index < -0.39 is 12.0 Å². The Kier molecular flexibility index (Phi) is 3.46. The lowest BCUT2D eigenvalue weighted by Crippen LogP contribution is -2.49. The van der Waals surface area contributed by atoms with Gasteiger partial charge in [-0.3, -0.25) is 9.78 Å². The topological polar surface area (TPSA) is 50.7 Å². The van der Waals surface area contributed by atoms with Crippen molar-refractivity contribution in [3.8, 4) is 0 Å². The number of aromatic amines is 1. The fourth-order valence-corrected chi connectivity index (χ4v) is 6.41. The highest BCUT2D eigenvalue weighted by molar-refractivity contribution is 7.71. The Hall–Kier alpha value is -1.63. The number of hydrogen-bond acceptors (Lipinski definition) is 3. The number of fused-ring (bicyclic) bond motifs is 1. The van der Waals surface area contributed by atoms with Gasteiger partial charge in [-0.1, -0.05) is 0 Å². The Morgan fingerprint density at radius 1 is 1.23 bits per heavy atom. The number of nitrogens with zero attached hydrogens (tertiary/aromatic N) is 2. The average Bonchev–Trinajstić information content (AvgIpc) is 2.57. The van der Waals surface area contributed by atoms with Crippen LogP contribution >= 0.6 is 12.2 Å². The van der Waals surface area contributed by atoms with Crippen LogP contribution in [0.25, 0.3) is 11.0 Å². The van der Waals surface area contributed by atoms with Gasteiger partial charge < -0.3 is 4.57 Å². The molecule has 0 aliphatic heterocycles. The maximum absolute atomic E-state index is 13.8. The number of pyridine rings is 1. The highest BCUT2D eigenvalue weighted by atomic mass is 32.1. The largest absolute Gasteiger partial charge is 0.306 e. The van der Waals surface area contributed by atoms with Crippen molar-refractivity contribution in [3.05, 3.63) is 32.4 Å². The highest BCUT2D eigenvalue weighted by Gasteiger charge is 2.52. The Morgan fingerprint density at radius 3 is 2.35 bits per heavy atom. The van der Waals surface area contributed by atoms with Crippen LogP contribution in [-0.4, -0.2) is 14.5 Å². The Labute approximate surface area is 154 Å². The van der Waals surface area contributed by atoms with Crippen molar-refractivity contribution in [1.82, 2.24) is 14.5 Å². The summed E-state index contributed by atoms with van der Waals surface area (Å²) in [5.74, 6) is 2.07. The fourth-order valence-electron chi connectivity index (χ4n) is 6.23. The van der Waals surface area contributed by atoms with E-state index in [9.17, 15) is 13.6 Å². The van der Waals surface area contributed by atoms with Crippen molar-refractivity contribution in [2.75, 3.05) is 0 Å². The van der Waals surface area contributed by atoms with Crippen LogP contribution in [0.15, 0.2) is 10.9 Å². The summed E-state index contributed by atoms with van der Waals surface area (Å²) in [5, 5.41) is -0.0374. The van der Waals surface area contributed by atoms with Gasteiger partial charge in [-0.15, -0.1) is 0 Å². The van der Waals surface area contributed by atoms with E-state index in [1.165, 1.54) is 25.3 Å². The quantitative estimate of drug-likeness (QED) is 0.790. The number of halogens is 2. The summed E-state index contributed by atoms with van der Waals surface area (Å²) in [6, 6.07) is 1.51. The molecule has 2 heterocycles. The average molecular weight is 377 g/mol. The molecule has 4 saturated carbocycles. The van der Waals surface area contributed by atoms with Crippen LogP contribution in [0.4, 0.5) is 8.78 Å². The van der Waals surface area contributed by atoms with Crippen molar-refractivity contribution in [1.29, 1.82) is 0 Å². The lowest BCUT2D eigenvalue weighted by Gasteiger charge is -2.56. The molecule has 138 valence electrons. The number of H-pyrrole nitrogens is 1. The smallest absolute Gasteiger partial charge is 0.264 e. The molecule has 2 aromatic heterocycles. The molecule has 0 aromatic carbocycles. The predicted octanol–water partition coefficient (Wildman–Crippen LogP) is 4.40. The number of aromatic nitrogens is 3. The van der Waals surface area contributed by atoms with Crippen LogP contribution in [0.5, 0.6) is 0 Å². The molecule has 0 spiro atoms. The van der Waals surface area contributed by atoms with E-state index in [2.05, 4.69) is 4.98 Å². The maximum atomic E-state index is 13.8. The highest BCUT2D eigenvalue weighted by Crippen LogP contribution is 2.60. The van der Waals surface area contributed by atoms with Gasteiger partial charge in [0.2, 0.25) is 0 Å². The van der Waals surface area contributed by atoms with Crippen LogP contribution in [-0.2, 0) is 12.5 Å². The number of alkyl halides is 2. The Morgan fingerprint density at radius 2 is 1.81 bits per heavy atom. The summed E-state index contributed by atoms with van der Waals surface area (Å²) in [6.45, 7) is 0. The first kappa shape index (κ1) is 16.5. The zero-order valence-electron chi connectivity index (χ0n) is 14.6. The zero-order chi connectivity index (χ0) is 18.2. The minimum absolute atomic E-state index is 0.0374. The van der Waals surface area contributed by atoms with Gasteiger partial charge >= 0.3 is 0 Å². The third-order valence-corrected chi connectivity index (χ3v) is 7.29. The van der Waals surface area contributed by atoms with Crippen LogP contribution in [0.3, 0.4) is 0 Å². The molecule has 4 nitrogen and oxygen atoms in total. The van der Waals surface area contributed by atoms with Gasteiger partial charge in [-0.2, -0.15) is 0 Å². The van der Waals surface area contributed by atoms with Crippen molar-refractivity contribution < 1.29 is 8.78 Å². The van der Waals surface area contributed by atoms with E-state index in [1.54, 1.807) is 11.6 Å². The lowest BCUT2D eigenvalue weighted by atomic mass is 9.48. The van der Waals surface area contributed by atoms with Crippen molar-refractivity contribution in [2.45, 2.75) is 50.4 Å². The second-order valence-corrected chi connectivity index (χ2v) is 9.00. The third kappa shape index (κ3) is 2.25. The van der Waals surface area contributed by atoms with Crippen molar-refractivity contribution >= 4 is 23.3 Å². The van der Waals surface area contributed by atoms with Gasteiger partial charge in [0, 0.05) is 23.7 Å². The van der Waals surface area contributed by atoms with Crippen LogP contribution < -0.4 is 5.56 Å². The molecule has 2 aromatic rings. The molecule has 26 heavy (non-hydrogen) atoms. The summed E-state index contributed by atoms with van der Waals surface area (Å²) in [6.07, 6.45) is 4.22. The fraction of sp³-hybridized carbons (Fsp3) is 0.632. The minimum Gasteiger partial charge on any atom is -0.306 e. The Balaban J connectivity index is 1.78. The molecule has 0 atom stereocenters. The molecule has 1 N–H and O–H groups in total. The molecular weight excluding hydrogens is 356 g/mol. The van der Waals surface area contributed by atoms with Crippen molar-refractivity contribution in [2.24, 2.45) is 24.8 Å². The lowest BCUT2D eigenvalue weighted by molar-refractivity contribution is -0.00722. The van der Waals surface area contributed by atoms with E-state index in [0.717, 1.165) is 25.0 Å². The second-order valence-electron chi connectivity index (χ2n) is 8.61. The third-order valence-electron chi connectivity index (χ3n) is 6.92. The van der Waals surface area contributed by atoms with Gasteiger partial charge in [-0.05, 0) is 74.6 Å². The normalized spacial score (nSPS) is 32.7. The minimum atomic E-state index is -2.72. The van der Waals surface area contributed by atoms with Crippen LogP contribution in [0.2, 0.25) is 0 Å². The van der Waals surface area contributed by atoms with Crippen molar-refractivity contribution in [3.63, 3.8) is 0 Å². The summed E-state index contributed by atoms with van der Waals surface area (Å²) >= 11 is 5.17. The molecule has 6 rings (SSSR count). The van der Waals surface area contributed by atoms with Gasteiger partial charge in [0.25, 0.3) is 12.0 Å². The molecule has 0 radical (unpaired) electrons. The SMILES string of the molecule is Cn1c(=S)[nH]c(=O)c2c(C(F)F)cc(C34CC5CC(CC(C5)C3)C4)nc21. The van der Waals surface area contributed by atoms with Gasteiger partial charge in [0.15, 0.2) is 4.77 Å². The molecule has 0 amide bonds. The maximum Gasteiger partial charge on any atom is 0.264 e. The predicted molar refractivity (Wildman–Crippen MR) is 97.0 cm³/mol. The first-order chi connectivity index (χ1) is 12.4. The van der Waals surface area contributed by atoms with E-state index in [4.69, 9.17) is 17.2 Å². The summed E-state index contributed by atoms with van der Waals surface area (Å²) < 4.78 is 29.4. The first-order valence-corrected chi connectivity index (χ1v) is 9.70. The monoisotopic (exact) mass is 377 g/mol. The molecule has 0 saturated heterocycles. The van der Waals surface area contributed by atoms with E-state index in [1.807, 2.05) is 0 Å². The molecule has 4 fully saturated rings. The van der Waals surface area contributed by atoms with Gasteiger partial charge in [0.05, 0.1) is 5.39 Å². The van der Waals surface area contributed by atoms with E-state index in [-0.39, 0.29) is 26.8 Å². The molecule has 4 bridgehead atoms. The van der Waals surface area contributed by atoms with E-state index >= 15 is 0 Å². The molecule has 7 heteroatoms. The number of aryl methyl sites for hydroxylation is 1. The first-order valence-electron chi connectivity index (χ1n) is 9.29. The molecule has 4 aliphatic carbocycles. The Bertz CT molecular complexity index is 991. The number of hydrogen-bond donors (Lipinski definition) is 1. The molecule has 0 unspecified atom stereocenters. The second kappa shape index (κ2) is 5.44.